The van der Waals surface area contributed by atoms with Crippen LogP contribution in [0.2, 0.25) is 0 Å². The number of ether oxygens (including phenoxy) is 2. The van der Waals surface area contributed by atoms with Gasteiger partial charge in [0.15, 0.2) is 5.82 Å². The highest BCUT2D eigenvalue weighted by molar-refractivity contribution is 5.85. The van der Waals surface area contributed by atoms with Gasteiger partial charge < -0.3 is 18.9 Å². The molecule has 0 radical (unpaired) electrons. The van der Waals surface area contributed by atoms with Crippen LogP contribution >= 0.6 is 12.4 Å². The van der Waals surface area contributed by atoms with Gasteiger partial charge in [-0.25, -0.2) is 0 Å². The molecule has 3 rings (SSSR count). The van der Waals surface area contributed by atoms with Gasteiger partial charge in [-0.05, 0) is 18.4 Å². The number of halogens is 1. The maximum absolute atomic E-state index is 11.8. The Hall–Kier alpha value is -2.05. The van der Waals surface area contributed by atoms with Gasteiger partial charge in [-0.3, -0.25) is 4.79 Å². The van der Waals surface area contributed by atoms with Crippen molar-refractivity contribution in [2.24, 2.45) is 0 Å². The Bertz CT molecular complexity index is 662. The lowest BCUT2D eigenvalue weighted by atomic mass is 10.2. The number of benzene rings is 1. The molecule has 6 nitrogen and oxygen atoms in total. The molecule has 25 heavy (non-hydrogen) atoms. The van der Waals surface area contributed by atoms with Crippen molar-refractivity contribution in [1.82, 2.24) is 5.16 Å². The van der Waals surface area contributed by atoms with Gasteiger partial charge in [0.05, 0.1) is 6.42 Å². The lowest BCUT2D eigenvalue weighted by molar-refractivity contribution is -0.145. The van der Waals surface area contributed by atoms with Crippen molar-refractivity contribution in [2.45, 2.75) is 38.5 Å². The summed E-state index contributed by atoms with van der Waals surface area (Å²) >= 11 is 0. The van der Waals surface area contributed by atoms with Gasteiger partial charge in [-0.15, -0.1) is 12.4 Å². The van der Waals surface area contributed by atoms with Crippen LogP contribution in [0.4, 0.5) is 5.82 Å². The van der Waals surface area contributed by atoms with E-state index in [2.05, 4.69) is 10.1 Å². The van der Waals surface area contributed by atoms with Crippen LogP contribution in [-0.4, -0.2) is 31.0 Å². The van der Waals surface area contributed by atoms with Crippen LogP contribution in [0.5, 0.6) is 0 Å². The normalized spacial score (nSPS) is 16.5. The molecule has 1 aliphatic heterocycles. The first kappa shape index (κ1) is 19.3. The monoisotopic (exact) mass is 366 g/mol. The van der Waals surface area contributed by atoms with Gasteiger partial charge in [-0.2, -0.15) is 0 Å². The van der Waals surface area contributed by atoms with Crippen molar-refractivity contribution in [3.05, 3.63) is 47.7 Å². The number of rotatable bonds is 7. The van der Waals surface area contributed by atoms with E-state index in [1.54, 1.807) is 7.11 Å². The van der Waals surface area contributed by atoms with E-state index >= 15 is 0 Å². The Morgan fingerprint density at radius 1 is 1.36 bits per heavy atom. The van der Waals surface area contributed by atoms with Gasteiger partial charge in [0, 0.05) is 26.1 Å². The Morgan fingerprint density at radius 2 is 2.16 bits per heavy atom. The van der Waals surface area contributed by atoms with E-state index in [1.165, 1.54) is 0 Å². The van der Waals surface area contributed by atoms with Crippen LogP contribution in [-0.2, 0) is 27.3 Å². The van der Waals surface area contributed by atoms with Gasteiger partial charge in [0.25, 0.3) is 0 Å². The first-order valence-corrected chi connectivity index (χ1v) is 8.21. The quantitative estimate of drug-likeness (QED) is 0.700. The van der Waals surface area contributed by atoms with Gasteiger partial charge in [0.2, 0.25) is 0 Å². The highest BCUT2D eigenvalue weighted by atomic mass is 35.5. The zero-order valence-electron chi connectivity index (χ0n) is 14.2. The van der Waals surface area contributed by atoms with Gasteiger partial charge >= 0.3 is 5.97 Å². The minimum Gasteiger partial charge on any atom is -0.461 e. The van der Waals surface area contributed by atoms with Crippen LogP contribution in [0.1, 0.15) is 30.6 Å². The average molecular weight is 367 g/mol. The lowest BCUT2D eigenvalue weighted by Crippen LogP contribution is -2.30. The second-order valence-corrected chi connectivity index (χ2v) is 5.82. The molecule has 2 heterocycles. The summed E-state index contributed by atoms with van der Waals surface area (Å²) in [6.45, 7) is 1.20. The molecule has 0 N–H and O–H groups in total. The fourth-order valence-corrected chi connectivity index (χ4v) is 2.83. The smallest absolute Gasteiger partial charge is 0.306 e. The van der Waals surface area contributed by atoms with E-state index in [-0.39, 0.29) is 31.0 Å². The van der Waals surface area contributed by atoms with Crippen LogP contribution in [0.3, 0.4) is 0 Å². The number of esters is 1. The van der Waals surface area contributed by atoms with E-state index in [9.17, 15) is 4.79 Å². The molecule has 0 spiro atoms. The molecule has 0 bridgehead atoms. The highest BCUT2D eigenvalue weighted by Crippen LogP contribution is 2.25. The minimum absolute atomic E-state index is 0. The molecule has 7 heteroatoms. The van der Waals surface area contributed by atoms with Crippen molar-refractivity contribution in [2.75, 3.05) is 18.6 Å². The molecule has 0 aliphatic carbocycles. The van der Waals surface area contributed by atoms with Gasteiger partial charge in [-0.1, -0.05) is 35.5 Å². The highest BCUT2D eigenvalue weighted by Gasteiger charge is 2.26. The van der Waals surface area contributed by atoms with Crippen LogP contribution in [0.25, 0.3) is 0 Å². The lowest BCUT2D eigenvalue weighted by Gasteiger charge is -2.21. The van der Waals surface area contributed by atoms with Crippen LogP contribution in [0.15, 0.2) is 40.9 Å². The maximum Gasteiger partial charge on any atom is 0.306 e. The maximum atomic E-state index is 11.8. The molecule has 1 saturated heterocycles. The summed E-state index contributed by atoms with van der Waals surface area (Å²) < 4.78 is 16.0. The van der Waals surface area contributed by atoms with Crippen LogP contribution < -0.4 is 4.90 Å². The number of aromatic nitrogens is 1. The summed E-state index contributed by atoms with van der Waals surface area (Å²) in [7, 11) is 1.70. The van der Waals surface area contributed by atoms with E-state index in [4.69, 9.17) is 14.0 Å². The summed E-state index contributed by atoms with van der Waals surface area (Å²) in [4.78, 5) is 13.9. The van der Waals surface area contributed by atoms with Crippen molar-refractivity contribution in [3.8, 4) is 0 Å². The SMILES string of the molecule is CO[C@H]1CCCN1c1cc(CCC(=O)OCc2ccccc2)on1.Cl. The molecule has 136 valence electrons. The molecule has 0 amide bonds. The number of hydrogen-bond donors (Lipinski definition) is 0. The Balaban J connectivity index is 0.00000225. The number of aryl methyl sites for hydroxylation is 1. The summed E-state index contributed by atoms with van der Waals surface area (Å²) in [5.41, 5.74) is 0.979. The van der Waals surface area contributed by atoms with Crippen molar-refractivity contribution in [3.63, 3.8) is 0 Å². The number of carbonyl (C=O) groups excluding carboxylic acids is 1. The second-order valence-electron chi connectivity index (χ2n) is 5.82. The van der Waals surface area contributed by atoms with Crippen molar-refractivity contribution < 1.29 is 18.8 Å². The number of hydrogen-bond acceptors (Lipinski definition) is 6. The third kappa shape index (κ3) is 5.21. The fourth-order valence-electron chi connectivity index (χ4n) is 2.83. The molecule has 1 fully saturated rings. The van der Waals surface area contributed by atoms with Crippen molar-refractivity contribution >= 4 is 24.2 Å². The van der Waals surface area contributed by atoms with Gasteiger partial charge in [0.1, 0.15) is 18.6 Å². The Kier molecular flexibility index (Phi) is 7.28. The molecule has 1 atom stereocenters. The molecule has 0 saturated carbocycles. The van der Waals surface area contributed by atoms with E-state index in [0.717, 1.165) is 30.8 Å². The minimum atomic E-state index is -0.243. The third-order valence-corrected chi connectivity index (χ3v) is 4.13. The average Bonchev–Trinajstić information content (AvgIpc) is 3.27. The molecule has 0 unspecified atom stereocenters. The molecule has 2 aromatic rings. The first-order valence-electron chi connectivity index (χ1n) is 8.21. The summed E-state index contributed by atoms with van der Waals surface area (Å²) in [5, 5.41) is 4.09. The number of carbonyl (C=O) groups is 1. The Labute approximate surface area is 153 Å². The predicted molar refractivity (Wildman–Crippen MR) is 95.7 cm³/mol. The summed E-state index contributed by atoms with van der Waals surface area (Å²) in [6.07, 6.45) is 2.87. The molecular formula is C18H23ClN2O4. The van der Waals surface area contributed by atoms with E-state index in [1.807, 2.05) is 36.4 Å². The zero-order chi connectivity index (χ0) is 16.8. The molecule has 1 aromatic carbocycles. The number of nitrogens with zero attached hydrogens (tertiary/aromatic N) is 2. The predicted octanol–water partition coefficient (Wildman–Crippen LogP) is 3.35. The topological polar surface area (TPSA) is 64.8 Å². The molecule has 1 aliphatic rings. The standard InChI is InChI=1S/C18H22N2O4.ClH/c1-22-17-8-5-11-20(17)16-12-15(24-19-16)9-10-18(21)23-13-14-6-3-2-4-7-14;/h2-4,6-7,12,17H,5,8-11,13H2,1H3;1H/t17-;/m0./s1. The number of anilines is 1. The first-order chi connectivity index (χ1) is 11.8. The third-order valence-electron chi connectivity index (χ3n) is 4.13. The Morgan fingerprint density at radius 3 is 2.92 bits per heavy atom. The molecule has 1 aromatic heterocycles. The fraction of sp³-hybridized carbons (Fsp3) is 0.444. The number of methoxy groups -OCH3 is 1. The summed E-state index contributed by atoms with van der Waals surface area (Å²) in [5.74, 6) is 1.21. The second kappa shape index (κ2) is 9.44. The van der Waals surface area contributed by atoms with Crippen molar-refractivity contribution in [1.29, 1.82) is 0 Å². The zero-order valence-corrected chi connectivity index (χ0v) is 15.0. The molecular weight excluding hydrogens is 344 g/mol. The summed E-state index contributed by atoms with van der Waals surface area (Å²) in [6, 6.07) is 11.5. The van der Waals surface area contributed by atoms with E-state index in [0.29, 0.717) is 18.8 Å². The van der Waals surface area contributed by atoms with Crippen LogP contribution in [0, 0.1) is 0 Å². The largest absolute Gasteiger partial charge is 0.461 e. The van der Waals surface area contributed by atoms with E-state index < -0.39 is 0 Å².